The number of hydrogen-bond donors (Lipinski definition) is 2. The molecule has 2 aromatic heterocycles. The van der Waals surface area contributed by atoms with Crippen molar-refractivity contribution in [1.82, 2.24) is 25.2 Å². The first-order valence-corrected chi connectivity index (χ1v) is 16.8. The van der Waals surface area contributed by atoms with E-state index >= 15 is 4.39 Å². The lowest BCUT2D eigenvalue weighted by molar-refractivity contribution is 0.107. The third kappa shape index (κ3) is 4.49. The molecule has 5 atom stereocenters. The van der Waals surface area contributed by atoms with Crippen molar-refractivity contribution >= 4 is 33.1 Å². The molecule has 5 aliphatic heterocycles. The summed E-state index contributed by atoms with van der Waals surface area (Å²) in [5.41, 5.74) is 1.85. The molecule has 4 fully saturated rings. The van der Waals surface area contributed by atoms with E-state index < -0.39 is 17.5 Å². The molecule has 4 aromatic rings. The Morgan fingerprint density at radius 2 is 2.09 bits per heavy atom. The topological polar surface area (TPSA) is 95.9 Å². The summed E-state index contributed by atoms with van der Waals surface area (Å²) >= 11 is 0. The average Bonchev–Trinajstić information content (AvgIpc) is 3.70. The molecular formula is C36H38F2N6O3. The fourth-order valence-corrected chi connectivity index (χ4v) is 8.89. The number of fused-ring (bicyclic) bond motifs is 7. The van der Waals surface area contributed by atoms with Gasteiger partial charge in [0.2, 0.25) is 5.88 Å². The number of phenolic OH excluding ortho intramolecular Hbond substituents is 1. The lowest BCUT2D eigenvalue weighted by Crippen LogP contribution is -2.60. The maximum absolute atomic E-state index is 17.2. The van der Waals surface area contributed by atoms with E-state index in [1.54, 1.807) is 12.1 Å². The number of aromatic hydroxyl groups is 1. The molecule has 2 aromatic carbocycles. The van der Waals surface area contributed by atoms with Crippen LogP contribution in [0, 0.1) is 5.82 Å². The summed E-state index contributed by atoms with van der Waals surface area (Å²) in [4.78, 5) is 18.9. The van der Waals surface area contributed by atoms with Crippen LogP contribution in [0.4, 0.5) is 14.6 Å². The number of benzene rings is 2. The quantitative estimate of drug-likeness (QED) is 0.272. The Morgan fingerprint density at radius 1 is 1.19 bits per heavy atom. The standard InChI is InChI=1S/C36H38F2N6O3/c1-3-19(2)24-7-4-6-20-12-23(45)13-25(28(20)24)31-30(38)32-29-33(44-16-22-8-9-26(39-22)27(44)17-46-34(29)40-31)42-35(41-32)47-18-36-10-5-11-43(36)15-21(37)14-36/h4,6-7,12-13,21-22,26-27,39,45H,2-3,5,8-11,14-18H2,1H3/t21-,22+,26-,27-,36-/m0/s1. The highest BCUT2D eigenvalue weighted by Gasteiger charge is 2.50. The van der Waals surface area contributed by atoms with Crippen molar-refractivity contribution in [2.24, 2.45) is 0 Å². The van der Waals surface area contributed by atoms with Crippen molar-refractivity contribution in [1.29, 1.82) is 0 Å². The molecule has 9 nitrogen and oxygen atoms in total. The summed E-state index contributed by atoms with van der Waals surface area (Å²) in [6.45, 7) is 8.81. The maximum Gasteiger partial charge on any atom is 0.319 e. The minimum atomic E-state index is -0.894. The summed E-state index contributed by atoms with van der Waals surface area (Å²) in [6.07, 6.45) is 4.11. The van der Waals surface area contributed by atoms with Crippen molar-refractivity contribution in [2.75, 3.05) is 37.7 Å². The Morgan fingerprint density at radius 3 is 2.96 bits per heavy atom. The van der Waals surface area contributed by atoms with Gasteiger partial charge in [0.25, 0.3) is 0 Å². The van der Waals surface area contributed by atoms with Gasteiger partial charge < -0.3 is 24.8 Å². The highest BCUT2D eigenvalue weighted by molar-refractivity contribution is 6.06. The zero-order chi connectivity index (χ0) is 32.0. The van der Waals surface area contributed by atoms with Crippen molar-refractivity contribution in [3.05, 3.63) is 48.3 Å². The van der Waals surface area contributed by atoms with Crippen molar-refractivity contribution in [2.45, 2.75) is 75.3 Å². The number of ether oxygens (including phenoxy) is 2. The van der Waals surface area contributed by atoms with Gasteiger partial charge in [-0.3, -0.25) is 4.90 Å². The van der Waals surface area contributed by atoms with Gasteiger partial charge in [-0.25, -0.2) is 13.8 Å². The molecule has 9 rings (SSSR count). The third-order valence-electron chi connectivity index (χ3n) is 11.2. The predicted molar refractivity (Wildman–Crippen MR) is 176 cm³/mol. The number of halogens is 2. The number of piperazine rings is 1. The van der Waals surface area contributed by atoms with E-state index in [-0.39, 0.29) is 47.5 Å². The number of phenols is 1. The zero-order valence-electron chi connectivity index (χ0n) is 26.4. The van der Waals surface area contributed by atoms with Gasteiger partial charge in [0, 0.05) is 37.2 Å². The molecule has 244 valence electrons. The first kappa shape index (κ1) is 29.1. The molecule has 5 aliphatic rings. The first-order chi connectivity index (χ1) is 22.8. The number of allylic oxidation sites excluding steroid dienone is 1. The summed E-state index contributed by atoms with van der Waals surface area (Å²) in [6, 6.07) is 9.48. The summed E-state index contributed by atoms with van der Waals surface area (Å²) in [7, 11) is 0. The number of hydrogen-bond acceptors (Lipinski definition) is 9. The molecule has 0 unspecified atom stereocenters. The molecule has 0 saturated carbocycles. The summed E-state index contributed by atoms with van der Waals surface area (Å²) < 4.78 is 44.6. The van der Waals surface area contributed by atoms with Crippen molar-refractivity contribution < 1.29 is 23.4 Å². The SMILES string of the molecule is C=C(CC)c1cccc2cc(O)cc(-c3nc4c5c(nc(OC[C@@]67CCCN6C[C@@H](F)C7)nc5c3F)N3C[C@H]5CC[C@H](N5)[C@@H]3CO4)c12. The molecule has 0 amide bonds. The molecule has 2 N–H and O–H groups in total. The van der Waals surface area contributed by atoms with Crippen LogP contribution in [0.15, 0.2) is 36.9 Å². The van der Waals surface area contributed by atoms with Gasteiger partial charge >= 0.3 is 6.01 Å². The molecular weight excluding hydrogens is 602 g/mol. The molecule has 0 spiro atoms. The minimum absolute atomic E-state index is 0.00502. The van der Waals surface area contributed by atoms with E-state index in [1.165, 1.54) is 0 Å². The van der Waals surface area contributed by atoms with E-state index in [4.69, 9.17) is 24.4 Å². The van der Waals surface area contributed by atoms with Crippen LogP contribution in [0.1, 0.15) is 51.0 Å². The van der Waals surface area contributed by atoms with E-state index in [0.717, 1.165) is 54.1 Å². The lowest BCUT2D eigenvalue weighted by atomic mass is 9.92. The van der Waals surface area contributed by atoms with Crippen LogP contribution >= 0.6 is 0 Å². The summed E-state index contributed by atoms with van der Waals surface area (Å²) in [5.74, 6) is 0.152. The molecule has 0 aliphatic carbocycles. The molecule has 11 heteroatoms. The van der Waals surface area contributed by atoms with Crippen LogP contribution in [-0.2, 0) is 0 Å². The Labute approximate surface area is 271 Å². The highest BCUT2D eigenvalue weighted by atomic mass is 19.1. The zero-order valence-corrected chi connectivity index (χ0v) is 26.4. The highest BCUT2D eigenvalue weighted by Crippen LogP contribution is 2.46. The molecule has 47 heavy (non-hydrogen) atoms. The fourth-order valence-electron chi connectivity index (χ4n) is 8.89. The number of rotatable bonds is 6. The molecule has 0 radical (unpaired) electrons. The van der Waals surface area contributed by atoms with Crippen molar-refractivity contribution in [3.63, 3.8) is 0 Å². The van der Waals surface area contributed by atoms with Crippen LogP contribution in [-0.4, -0.2) is 87.6 Å². The molecule has 2 bridgehead atoms. The van der Waals surface area contributed by atoms with Gasteiger partial charge in [-0.15, -0.1) is 0 Å². The normalized spacial score (nSPS) is 27.9. The largest absolute Gasteiger partial charge is 0.508 e. The van der Waals surface area contributed by atoms with E-state index in [9.17, 15) is 9.50 Å². The first-order valence-electron chi connectivity index (χ1n) is 16.8. The predicted octanol–water partition coefficient (Wildman–Crippen LogP) is 5.77. The maximum atomic E-state index is 17.2. The van der Waals surface area contributed by atoms with Crippen LogP contribution in [0.2, 0.25) is 0 Å². The molecule has 7 heterocycles. The van der Waals surface area contributed by atoms with E-state index in [1.807, 2.05) is 25.1 Å². The second-order valence-corrected chi connectivity index (χ2v) is 13.9. The van der Waals surface area contributed by atoms with Gasteiger partial charge in [0.1, 0.15) is 47.5 Å². The number of alkyl halides is 1. The number of anilines is 1. The second-order valence-electron chi connectivity index (χ2n) is 13.9. The Kier molecular flexibility index (Phi) is 6.63. The lowest BCUT2D eigenvalue weighted by Gasteiger charge is -2.40. The van der Waals surface area contributed by atoms with Gasteiger partial charge in [-0.1, -0.05) is 31.7 Å². The minimum Gasteiger partial charge on any atom is -0.508 e. The van der Waals surface area contributed by atoms with Gasteiger partial charge in [-0.2, -0.15) is 9.97 Å². The van der Waals surface area contributed by atoms with Crippen LogP contribution in [0.3, 0.4) is 0 Å². The van der Waals surface area contributed by atoms with Crippen LogP contribution in [0.5, 0.6) is 17.6 Å². The number of nitrogens with one attached hydrogen (secondary N) is 1. The average molecular weight is 641 g/mol. The Hall–Kier alpha value is -4.09. The number of aromatic nitrogens is 3. The summed E-state index contributed by atoms with van der Waals surface area (Å²) in [5, 5.41) is 16.4. The van der Waals surface area contributed by atoms with Crippen LogP contribution in [0.25, 0.3) is 38.5 Å². The third-order valence-corrected chi connectivity index (χ3v) is 11.2. The van der Waals surface area contributed by atoms with Crippen LogP contribution < -0.4 is 19.7 Å². The Balaban J connectivity index is 1.24. The van der Waals surface area contributed by atoms with E-state index in [2.05, 4.69) is 21.7 Å². The fraction of sp³-hybridized carbons (Fsp3) is 0.472. The number of pyridine rings is 1. The van der Waals surface area contributed by atoms with Gasteiger partial charge in [-0.05, 0) is 72.7 Å². The second kappa shape index (κ2) is 10.7. The van der Waals surface area contributed by atoms with Gasteiger partial charge in [0.15, 0.2) is 5.82 Å². The van der Waals surface area contributed by atoms with Crippen molar-refractivity contribution in [3.8, 4) is 28.9 Å². The number of nitrogens with zero attached hydrogens (tertiary/aromatic N) is 5. The Bertz CT molecular complexity index is 1960. The van der Waals surface area contributed by atoms with Gasteiger partial charge in [0.05, 0.1) is 11.6 Å². The van der Waals surface area contributed by atoms with E-state index in [0.29, 0.717) is 55.3 Å². The smallest absolute Gasteiger partial charge is 0.319 e. The molecule has 4 saturated heterocycles. The monoisotopic (exact) mass is 640 g/mol.